The fraction of sp³-hybridized carbons (Fsp3) is 0.294. The second-order valence-electron chi connectivity index (χ2n) is 12.2. The number of thiazole rings is 1. The first-order chi connectivity index (χ1) is 21.8. The highest BCUT2D eigenvalue weighted by atomic mass is 35.5. The number of H-pyrrole nitrogens is 1. The SMILES string of the molecule is Cc1cccc(NC(=O)COc2cccc([C@H]3c4sc(=O)[nH]c4SC4C5CC(C6C(=O)N(c7ccc(Cl)cc7)C(=O)C56)C43)c2)c1. The number of ether oxygens (including phenoxy) is 1. The molecule has 4 aliphatic rings. The maximum atomic E-state index is 13.9. The Labute approximate surface area is 272 Å². The molecule has 1 saturated heterocycles. The van der Waals surface area contributed by atoms with Gasteiger partial charge in [-0.2, -0.15) is 0 Å². The van der Waals surface area contributed by atoms with Crippen molar-refractivity contribution < 1.29 is 19.1 Å². The van der Waals surface area contributed by atoms with Crippen molar-refractivity contribution in [2.75, 3.05) is 16.8 Å². The first kappa shape index (κ1) is 28.6. The molecular weight excluding hydrogens is 630 g/mol. The summed E-state index contributed by atoms with van der Waals surface area (Å²) in [6.07, 6.45) is 0.800. The van der Waals surface area contributed by atoms with Gasteiger partial charge in [-0.15, -0.1) is 11.8 Å². The normalized spacial score (nSPS) is 27.7. The lowest BCUT2D eigenvalue weighted by Gasteiger charge is -2.43. The highest BCUT2D eigenvalue weighted by Gasteiger charge is 2.69. The Hall–Kier alpha value is -3.86. The molecule has 1 aromatic heterocycles. The summed E-state index contributed by atoms with van der Waals surface area (Å²) in [7, 11) is 0. The average molecular weight is 658 g/mol. The molecule has 2 aliphatic carbocycles. The van der Waals surface area contributed by atoms with Crippen molar-refractivity contribution in [3.8, 4) is 5.75 Å². The zero-order chi connectivity index (χ0) is 31.0. The maximum Gasteiger partial charge on any atom is 0.305 e. The molecule has 228 valence electrons. The van der Waals surface area contributed by atoms with Gasteiger partial charge < -0.3 is 15.0 Å². The molecule has 2 saturated carbocycles. The fourth-order valence-electron chi connectivity index (χ4n) is 8.10. The van der Waals surface area contributed by atoms with E-state index in [2.05, 4.69) is 10.3 Å². The lowest BCUT2D eigenvalue weighted by atomic mass is 9.68. The number of nitrogens with one attached hydrogen (secondary N) is 2. The minimum absolute atomic E-state index is 0.00807. The van der Waals surface area contributed by atoms with Crippen molar-refractivity contribution in [2.24, 2.45) is 29.6 Å². The van der Waals surface area contributed by atoms with E-state index < -0.39 is 5.92 Å². The molecule has 2 bridgehead atoms. The van der Waals surface area contributed by atoms with Gasteiger partial charge >= 0.3 is 4.87 Å². The number of thioether (sulfide) groups is 1. The summed E-state index contributed by atoms with van der Waals surface area (Å²) in [5.74, 6) is -0.853. The van der Waals surface area contributed by atoms with Crippen LogP contribution in [-0.2, 0) is 14.4 Å². The van der Waals surface area contributed by atoms with Crippen molar-refractivity contribution in [2.45, 2.75) is 29.5 Å². The molecule has 11 heteroatoms. The third-order valence-electron chi connectivity index (χ3n) is 9.70. The number of benzene rings is 3. The molecule has 3 amide bonds. The van der Waals surface area contributed by atoms with Gasteiger partial charge in [-0.05, 0) is 90.8 Å². The minimum Gasteiger partial charge on any atom is -0.484 e. The molecule has 0 spiro atoms. The first-order valence-electron chi connectivity index (χ1n) is 14.9. The number of carbonyl (C=O) groups excluding carboxylic acids is 3. The topological polar surface area (TPSA) is 109 Å². The van der Waals surface area contributed by atoms with E-state index >= 15 is 0 Å². The molecule has 7 atom stereocenters. The summed E-state index contributed by atoms with van der Waals surface area (Å²) in [4.78, 5) is 58.3. The van der Waals surface area contributed by atoms with Crippen molar-refractivity contribution in [1.82, 2.24) is 4.98 Å². The number of aromatic amines is 1. The van der Waals surface area contributed by atoms with Crippen LogP contribution in [0.4, 0.5) is 11.4 Å². The average Bonchev–Trinajstić information content (AvgIpc) is 3.75. The van der Waals surface area contributed by atoms with Crippen LogP contribution in [0.2, 0.25) is 5.02 Å². The molecule has 2 N–H and O–H groups in total. The van der Waals surface area contributed by atoms with Gasteiger partial charge in [0.15, 0.2) is 6.61 Å². The Balaban J connectivity index is 1.09. The van der Waals surface area contributed by atoms with Crippen LogP contribution in [0.15, 0.2) is 82.6 Å². The Morgan fingerprint density at radius 1 is 1.00 bits per heavy atom. The predicted octanol–water partition coefficient (Wildman–Crippen LogP) is 6.09. The Kier molecular flexibility index (Phi) is 6.92. The van der Waals surface area contributed by atoms with E-state index in [0.717, 1.165) is 27.5 Å². The molecule has 3 fully saturated rings. The molecule has 0 radical (unpaired) electrons. The number of nitrogens with zero attached hydrogens (tertiary/aromatic N) is 1. The van der Waals surface area contributed by atoms with Crippen LogP contribution in [0.5, 0.6) is 5.75 Å². The zero-order valence-electron chi connectivity index (χ0n) is 24.1. The molecule has 3 heterocycles. The van der Waals surface area contributed by atoms with Crippen LogP contribution in [0.1, 0.15) is 28.3 Å². The van der Waals surface area contributed by atoms with Gasteiger partial charge in [0.2, 0.25) is 11.8 Å². The highest BCUT2D eigenvalue weighted by molar-refractivity contribution is 8.00. The number of imide groups is 1. The second kappa shape index (κ2) is 10.9. The number of aryl methyl sites for hydroxylation is 1. The highest BCUT2D eigenvalue weighted by Crippen LogP contribution is 2.68. The summed E-state index contributed by atoms with van der Waals surface area (Å²) in [6.45, 7) is 1.81. The van der Waals surface area contributed by atoms with Gasteiger partial charge in [-0.1, -0.05) is 47.2 Å². The van der Waals surface area contributed by atoms with Crippen LogP contribution in [0.3, 0.4) is 0 Å². The van der Waals surface area contributed by atoms with Gasteiger partial charge in [0, 0.05) is 26.8 Å². The first-order valence-corrected chi connectivity index (χ1v) is 17.0. The Bertz CT molecular complexity index is 1920. The lowest BCUT2D eigenvalue weighted by Crippen LogP contribution is -2.42. The van der Waals surface area contributed by atoms with E-state index in [4.69, 9.17) is 16.3 Å². The number of carbonyl (C=O) groups is 3. The summed E-state index contributed by atoms with van der Waals surface area (Å²) < 4.78 is 5.94. The van der Waals surface area contributed by atoms with Crippen molar-refractivity contribution in [3.63, 3.8) is 0 Å². The van der Waals surface area contributed by atoms with Crippen LogP contribution in [-0.4, -0.2) is 34.6 Å². The Morgan fingerprint density at radius 2 is 1.76 bits per heavy atom. The summed E-state index contributed by atoms with van der Waals surface area (Å²) >= 11 is 8.95. The van der Waals surface area contributed by atoms with E-state index in [1.807, 2.05) is 55.5 Å². The molecule has 8 nitrogen and oxygen atoms in total. The van der Waals surface area contributed by atoms with Crippen LogP contribution < -0.4 is 19.8 Å². The number of halogens is 1. The van der Waals surface area contributed by atoms with Crippen LogP contribution in [0, 0.1) is 36.5 Å². The van der Waals surface area contributed by atoms with E-state index in [9.17, 15) is 19.2 Å². The molecule has 3 aromatic carbocycles. The number of hydrogen-bond acceptors (Lipinski definition) is 7. The summed E-state index contributed by atoms with van der Waals surface area (Å²) in [6, 6.07) is 22.1. The van der Waals surface area contributed by atoms with E-state index in [0.29, 0.717) is 22.1 Å². The third kappa shape index (κ3) is 4.73. The second-order valence-corrected chi connectivity index (χ2v) is 14.9. The molecule has 6 unspecified atom stereocenters. The van der Waals surface area contributed by atoms with Gasteiger partial charge in [-0.3, -0.25) is 24.1 Å². The van der Waals surface area contributed by atoms with Crippen molar-refractivity contribution >= 4 is 63.8 Å². The largest absolute Gasteiger partial charge is 0.484 e. The number of aromatic nitrogens is 1. The van der Waals surface area contributed by atoms with Gasteiger partial charge in [0.25, 0.3) is 5.91 Å². The van der Waals surface area contributed by atoms with E-state index in [-0.39, 0.29) is 64.0 Å². The third-order valence-corrected chi connectivity index (χ3v) is 12.5. The molecule has 2 aliphatic heterocycles. The molecular formula is C34H28ClN3O5S2. The predicted molar refractivity (Wildman–Crippen MR) is 174 cm³/mol. The standard InChI is InChI=1S/C34H28ClN3O5S2/c1-16-4-2-6-19(12-16)36-24(39)15-43-21-7-3-5-17(13-21)25-26-22-14-23(29(26)44-31-30(25)45-34(42)37-31)28-27(22)32(40)38(33(28)41)20-10-8-18(35)9-11-20/h2-13,22-23,25-29H,14-15H2,1H3,(H,36,39)(H,37,42)/t22?,23?,25-,26?,27?,28?,29?/m1/s1. The maximum absolute atomic E-state index is 13.9. The van der Waals surface area contributed by atoms with Crippen LogP contribution in [0.25, 0.3) is 0 Å². The molecule has 4 aromatic rings. The van der Waals surface area contributed by atoms with Gasteiger partial charge in [0.1, 0.15) is 5.75 Å². The van der Waals surface area contributed by atoms with Gasteiger partial charge in [-0.25, -0.2) is 0 Å². The lowest BCUT2D eigenvalue weighted by molar-refractivity contribution is -0.123. The smallest absolute Gasteiger partial charge is 0.305 e. The Morgan fingerprint density at radius 3 is 2.53 bits per heavy atom. The quantitative estimate of drug-likeness (QED) is 0.243. The van der Waals surface area contributed by atoms with E-state index in [1.54, 1.807) is 36.0 Å². The van der Waals surface area contributed by atoms with Crippen molar-refractivity contribution in [3.05, 3.63) is 103 Å². The molecule has 8 rings (SSSR count). The zero-order valence-corrected chi connectivity index (χ0v) is 26.5. The number of fused-ring (bicyclic) bond motifs is 9. The minimum atomic E-state index is -0.399. The van der Waals surface area contributed by atoms with E-state index in [1.165, 1.54) is 16.2 Å². The summed E-state index contributed by atoms with van der Waals surface area (Å²) in [5, 5.41) is 4.33. The molecule has 45 heavy (non-hydrogen) atoms. The number of anilines is 2. The van der Waals surface area contributed by atoms with Gasteiger partial charge in [0.05, 0.1) is 22.5 Å². The number of amides is 3. The fourth-order valence-corrected chi connectivity index (χ4v) is 11.1. The number of rotatable bonds is 6. The monoisotopic (exact) mass is 657 g/mol. The number of hydrogen-bond donors (Lipinski definition) is 2. The van der Waals surface area contributed by atoms with Crippen LogP contribution >= 0.6 is 34.7 Å². The van der Waals surface area contributed by atoms with Crippen molar-refractivity contribution in [1.29, 1.82) is 0 Å². The summed E-state index contributed by atoms with van der Waals surface area (Å²) in [5.41, 5.74) is 3.27.